The third-order valence-electron chi connectivity index (χ3n) is 3.71. The summed E-state index contributed by atoms with van der Waals surface area (Å²) in [6.45, 7) is 5.70. The maximum absolute atomic E-state index is 12.4. The molecule has 1 saturated heterocycles. The van der Waals surface area contributed by atoms with Gasteiger partial charge in [-0.25, -0.2) is 8.42 Å². The Morgan fingerprint density at radius 3 is 2.65 bits per heavy atom. The fourth-order valence-electron chi connectivity index (χ4n) is 2.32. The van der Waals surface area contributed by atoms with Crippen molar-refractivity contribution in [2.75, 3.05) is 19.7 Å². The number of aryl methyl sites for hydroxylation is 1. The summed E-state index contributed by atoms with van der Waals surface area (Å²) in [5.41, 5.74) is 1.06. The molecule has 1 aromatic carbocycles. The number of sulfone groups is 1. The average molecular weight is 297 g/mol. The van der Waals surface area contributed by atoms with Crippen LogP contribution in [0.5, 0.6) is 0 Å². The van der Waals surface area contributed by atoms with Crippen LogP contribution in [-0.4, -0.2) is 39.5 Å². The molecule has 2 atom stereocenters. The Morgan fingerprint density at radius 1 is 1.35 bits per heavy atom. The lowest BCUT2D eigenvalue weighted by molar-refractivity contribution is 0.110. The van der Waals surface area contributed by atoms with Gasteiger partial charge in [0.05, 0.1) is 16.2 Å². The van der Waals surface area contributed by atoms with Crippen molar-refractivity contribution in [3.8, 4) is 0 Å². The van der Waals surface area contributed by atoms with Crippen molar-refractivity contribution in [2.24, 2.45) is 0 Å². The highest BCUT2D eigenvalue weighted by Gasteiger charge is 2.23. The van der Waals surface area contributed by atoms with Crippen LogP contribution < -0.4 is 5.32 Å². The second kappa shape index (κ2) is 6.70. The van der Waals surface area contributed by atoms with Crippen LogP contribution in [0.3, 0.4) is 0 Å². The molecule has 1 aliphatic rings. The topological polar surface area (TPSA) is 55.4 Å². The van der Waals surface area contributed by atoms with Gasteiger partial charge in [0.1, 0.15) is 0 Å². The molecule has 0 aromatic heterocycles. The molecule has 0 aliphatic carbocycles. The summed E-state index contributed by atoms with van der Waals surface area (Å²) >= 11 is 0. The number of hydrogen-bond donors (Lipinski definition) is 1. The van der Waals surface area contributed by atoms with Gasteiger partial charge in [-0.2, -0.15) is 0 Å². The molecule has 0 bridgehead atoms. The van der Waals surface area contributed by atoms with Gasteiger partial charge in [0, 0.05) is 19.7 Å². The highest BCUT2D eigenvalue weighted by molar-refractivity contribution is 7.92. The van der Waals surface area contributed by atoms with Crippen LogP contribution in [0.15, 0.2) is 29.2 Å². The quantitative estimate of drug-likeness (QED) is 0.871. The molecule has 1 aliphatic heterocycles. The van der Waals surface area contributed by atoms with E-state index in [1.807, 2.05) is 19.1 Å². The van der Waals surface area contributed by atoms with E-state index in [1.165, 1.54) is 0 Å². The number of benzene rings is 1. The van der Waals surface area contributed by atoms with E-state index < -0.39 is 15.1 Å². The molecule has 2 unspecified atom stereocenters. The Hall–Kier alpha value is -0.910. The van der Waals surface area contributed by atoms with Crippen molar-refractivity contribution in [3.05, 3.63) is 29.8 Å². The van der Waals surface area contributed by atoms with Gasteiger partial charge < -0.3 is 10.1 Å². The lowest BCUT2D eigenvalue weighted by Crippen LogP contribution is -2.35. The van der Waals surface area contributed by atoms with Gasteiger partial charge in [-0.15, -0.1) is 0 Å². The molecule has 2 rings (SSSR count). The first-order valence-corrected chi connectivity index (χ1v) is 8.67. The van der Waals surface area contributed by atoms with Crippen molar-refractivity contribution in [3.63, 3.8) is 0 Å². The molecule has 0 spiro atoms. The smallest absolute Gasteiger partial charge is 0.182 e. The molecule has 0 radical (unpaired) electrons. The number of ether oxygens (including phenoxy) is 1. The zero-order valence-electron chi connectivity index (χ0n) is 12.1. The summed E-state index contributed by atoms with van der Waals surface area (Å²) in [4.78, 5) is 0.398. The fourth-order valence-corrected chi connectivity index (χ4v) is 3.64. The molecular formula is C15H23NO3S. The maximum Gasteiger partial charge on any atom is 0.182 e. The maximum atomic E-state index is 12.4. The Balaban J connectivity index is 1.89. The van der Waals surface area contributed by atoms with Gasteiger partial charge in [-0.05, 0) is 38.8 Å². The van der Waals surface area contributed by atoms with Crippen LogP contribution in [-0.2, 0) is 14.6 Å². The van der Waals surface area contributed by atoms with Gasteiger partial charge in [0.15, 0.2) is 9.84 Å². The van der Waals surface area contributed by atoms with E-state index in [0.29, 0.717) is 11.4 Å². The molecule has 0 saturated carbocycles. The predicted octanol–water partition coefficient (Wildman–Crippen LogP) is 1.93. The van der Waals surface area contributed by atoms with Crippen molar-refractivity contribution >= 4 is 9.84 Å². The lowest BCUT2D eigenvalue weighted by atomic mass is 10.2. The molecule has 1 fully saturated rings. The van der Waals surface area contributed by atoms with Crippen LogP contribution in [0.1, 0.15) is 25.3 Å². The Labute approximate surface area is 121 Å². The minimum Gasteiger partial charge on any atom is -0.377 e. The van der Waals surface area contributed by atoms with Crippen molar-refractivity contribution in [1.29, 1.82) is 0 Å². The first kappa shape index (κ1) is 15.5. The van der Waals surface area contributed by atoms with Crippen LogP contribution >= 0.6 is 0 Å². The largest absolute Gasteiger partial charge is 0.377 e. The van der Waals surface area contributed by atoms with E-state index in [1.54, 1.807) is 19.1 Å². The number of hydrogen-bond acceptors (Lipinski definition) is 4. The van der Waals surface area contributed by atoms with Crippen LogP contribution in [0.25, 0.3) is 0 Å². The highest BCUT2D eigenvalue weighted by atomic mass is 32.2. The molecule has 4 nitrogen and oxygen atoms in total. The first-order valence-electron chi connectivity index (χ1n) is 7.13. The molecule has 112 valence electrons. The zero-order valence-corrected chi connectivity index (χ0v) is 12.9. The summed E-state index contributed by atoms with van der Waals surface area (Å²) in [6.07, 6.45) is 2.40. The van der Waals surface area contributed by atoms with E-state index >= 15 is 0 Å². The monoisotopic (exact) mass is 297 g/mol. The van der Waals surface area contributed by atoms with E-state index in [2.05, 4.69) is 5.32 Å². The highest BCUT2D eigenvalue weighted by Crippen LogP contribution is 2.16. The van der Waals surface area contributed by atoms with Crippen LogP contribution in [0, 0.1) is 6.92 Å². The third kappa shape index (κ3) is 3.81. The summed E-state index contributed by atoms with van der Waals surface area (Å²) in [5, 5.41) is 2.77. The lowest BCUT2D eigenvalue weighted by Gasteiger charge is -2.16. The summed E-state index contributed by atoms with van der Waals surface area (Å²) < 4.78 is 30.3. The van der Waals surface area contributed by atoms with Crippen molar-refractivity contribution in [1.82, 2.24) is 5.32 Å². The third-order valence-corrected chi connectivity index (χ3v) is 5.86. The van der Waals surface area contributed by atoms with E-state index in [0.717, 1.165) is 31.6 Å². The number of rotatable bonds is 6. The van der Waals surface area contributed by atoms with E-state index in [9.17, 15) is 8.42 Å². The molecule has 1 heterocycles. The SMILES string of the molecule is Cc1ccc(S(=O)(=O)C(C)CNCC2CCCO2)cc1. The Morgan fingerprint density at radius 2 is 2.05 bits per heavy atom. The van der Waals surface area contributed by atoms with Gasteiger partial charge in [-0.1, -0.05) is 17.7 Å². The van der Waals surface area contributed by atoms with E-state index in [4.69, 9.17) is 4.74 Å². The molecule has 0 amide bonds. The predicted molar refractivity (Wildman–Crippen MR) is 79.7 cm³/mol. The van der Waals surface area contributed by atoms with Gasteiger partial charge in [0.25, 0.3) is 0 Å². The molecule has 1 N–H and O–H groups in total. The first-order chi connectivity index (χ1) is 9.50. The van der Waals surface area contributed by atoms with Crippen molar-refractivity contribution < 1.29 is 13.2 Å². The second-order valence-corrected chi connectivity index (χ2v) is 7.83. The summed E-state index contributed by atoms with van der Waals surface area (Å²) in [7, 11) is -3.25. The van der Waals surface area contributed by atoms with E-state index in [-0.39, 0.29) is 6.10 Å². The minimum absolute atomic E-state index is 0.240. The molecule has 5 heteroatoms. The fraction of sp³-hybridized carbons (Fsp3) is 0.600. The molecule has 20 heavy (non-hydrogen) atoms. The molecular weight excluding hydrogens is 274 g/mol. The van der Waals surface area contributed by atoms with Crippen molar-refractivity contribution in [2.45, 2.75) is 42.9 Å². The summed E-state index contributed by atoms with van der Waals surface area (Å²) in [6, 6.07) is 7.03. The average Bonchev–Trinajstić information content (AvgIpc) is 2.92. The Kier molecular flexibility index (Phi) is 5.18. The minimum atomic E-state index is -3.25. The standard InChI is InChI=1S/C15H23NO3S/c1-12-5-7-15(8-6-12)20(17,18)13(2)10-16-11-14-4-3-9-19-14/h5-8,13-14,16H,3-4,9-11H2,1-2H3. The summed E-state index contributed by atoms with van der Waals surface area (Å²) in [5.74, 6) is 0. The van der Waals surface area contributed by atoms with Crippen LogP contribution in [0.2, 0.25) is 0 Å². The van der Waals surface area contributed by atoms with Gasteiger partial charge in [-0.3, -0.25) is 0 Å². The molecule has 1 aromatic rings. The van der Waals surface area contributed by atoms with Gasteiger partial charge >= 0.3 is 0 Å². The Bertz CT molecular complexity index is 519. The second-order valence-electron chi connectivity index (χ2n) is 5.46. The normalized spacial score (nSPS) is 21.0. The zero-order chi connectivity index (χ0) is 14.6. The van der Waals surface area contributed by atoms with Crippen LogP contribution in [0.4, 0.5) is 0 Å². The van der Waals surface area contributed by atoms with Gasteiger partial charge in [0.2, 0.25) is 0 Å². The number of nitrogens with one attached hydrogen (secondary N) is 1.